The van der Waals surface area contributed by atoms with E-state index in [-0.39, 0.29) is 0 Å². The molecule has 0 saturated heterocycles. The maximum atomic E-state index is 3.39. The summed E-state index contributed by atoms with van der Waals surface area (Å²) in [5, 5.41) is 3.20. The molecule has 13 heavy (non-hydrogen) atoms. The Bertz CT molecular complexity index is 313. The fourth-order valence-corrected chi connectivity index (χ4v) is 4.55. The summed E-state index contributed by atoms with van der Waals surface area (Å²) in [5.41, 5.74) is 0. The van der Waals surface area contributed by atoms with E-state index < -0.39 is 18.4 Å². The number of hydrogen-bond donors (Lipinski definition) is 0. The van der Waals surface area contributed by atoms with E-state index >= 15 is 0 Å². The van der Waals surface area contributed by atoms with E-state index in [2.05, 4.69) is 36.1 Å². The van der Waals surface area contributed by atoms with Gasteiger partial charge in [-0.15, -0.1) is 0 Å². The Labute approximate surface area is 89.0 Å². The Hall–Kier alpha value is -0.0713. The third kappa shape index (κ3) is 5.28. The quantitative estimate of drug-likeness (QED) is 0.433. The van der Waals surface area contributed by atoms with Gasteiger partial charge in [0.1, 0.15) is 0 Å². The predicted molar refractivity (Wildman–Crippen MR) is 63.4 cm³/mol. The van der Waals surface area contributed by atoms with Crippen molar-refractivity contribution in [1.82, 2.24) is 0 Å². The average molecular weight is 297 g/mol. The Morgan fingerprint density at radius 1 is 1.08 bits per heavy atom. The Kier molecular flexibility index (Phi) is 4.21. The molecule has 0 spiro atoms. The van der Waals surface area contributed by atoms with Crippen LogP contribution in [0.2, 0.25) is 14.8 Å². The predicted octanol–water partition coefficient (Wildman–Crippen LogP) is 3.62. The Balaban J connectivity index is 2.56. The molecule has 0 nitrogen and oxygen atoms in total. The number of hydrogen-bond acceptors (Lipinski definition) is 1. The second-order valence-corrected chi connectivity index (χ2v) is 18.3. The van der Waals surface area contributed by atoms with Crippen molar-refractivity contribution in [1.29, 1.82) is 0 Å². The standard InChI is InChI=1S/C8H5S.3CH3.Sn/c1-2-9-8-6-4-3-5-7-8;;;;/h3-7H;3*1H3;. The first-order valence-electron chi connectivity index (χ1n) is 4.32. The summed E-state index contributed by atoms with van der Waals surface area (Å²) >= 11 is -0.216. The number of thioether (sulfide) groups is 1. The van der Waals surface area contributed by atoms with Crippen LogP contribution in [0.1, 0.15) is 0 Å². The van der Waals surface area contributed by atoms with Crippen molar-refractivity contribution >= 4 is 30.1 Å². The van der Waals surface area contributed by atoms with Crippen molar-refractivity contribution in [3.05, 3.63) is 30.3 Å². The molecule has 0 amide bonds. The van der Waals surface area contributed by atoms with Crippen LogP contribution in [0, 0.1) is 9.19 Å². The molecule has 68 valence electrons. The van der Waals surface area contributed by atoms with Gasteiger partial charge < -0.3 is 0 Å². The van der Waals surface area contributed by atoms with Gasteiger partial charge in [0.15, 0.2) is 0 Å². The van der Waals surface area contributed by atoms with Crippen LogP contribution < -0.4 is 0 Å². The van der Waals surface area contributed by atoms with Gasteiger partial charge in [-0.3, -0.25) is 0 Å². The van der Waals surface area contributed by atoms with E-state index in [1.807, 2.05) is 18.2 Å². The molecular weight excluding hydrogens is 283 g/mol. The van der Waals surface area contributed by atoms with Crippen molar-refractivity contribution in [3.8, 4) is 9.19 Å². The van der Waals surface area contributed by atoms with Gasteiger partial charge in [-0.05, 0) is 0 Å². The first kappa shape index (κ1) is 11.0. The molecule has 0 aliphatic carbocycles. The molecule has 0 aromatic heterocycles. The molecule has 0 heterocycles. The SMILES string of the molecule is [CH3][Sn]([CH3])([CH3])[C]#CSc1ccccc1. The van der Waals surface area contributed by atoms with Gasteiger partial charge in [0.2, 0.25) is 0 Å². The second-order valence-electron chi connectivity index (χ2n) is 3.89. The summed E-state index contributed by atoms with van der Waals surface area (Å²) in [6, 6.07) is 10.3. The number of benzene rings is 1. The Morgan fingerprint density at radius 2 is 1.69 bits per heavy atom. The van der Waals surface area contributed by atoms with Crippen molar-refractivity contribution in [2.45, 2.75) is 19.7 Å². The van der Waals surface area contributed by atoms with Crippen molar-refractivity contribution < 1.29 is 0 Å². The van der Waals surface area contributed by atoms with Gasteiger partial charge in [0, 0.05) is 0 Å². The average Bonchev–Trinajstić information content (AvgIpc) is 2.04. The zero-order valence-corrected chi connectivity index (χ0v) is 12.0. The third-order valence-electron chi connectivity index (χ3n) is 1.34. The van der Waals surface area contributed by atoms with E-state index in [1.54, 1.807) is 11.8 Å². The maximum absolute atomic E-state index is 3.39. The van der Waals surface area contributed by atoms with Gasteiger partial charge in [0.05, 0.1) is 0 Å². The van der Waals surface area contributed by atoms with Crippen LogP contribution >= 0.6 is 11.8 Å². The monoisotopic (exact) mass is 298 g/mol. The van der Waals surface area contributed by atoms with Crippen LogP contribution in [0.4, 0.5) is 0 Å². The van der Waals surface area contributed by atoms with Crippen LogP contribution in [-0.4, -0.2) is 18.4 Å². The van der Waals surface area contributed by atoms with Gasteiger partial charge in [-0.2, -0.15) is 0 Å². The van der Waals surface area contributed by atoms with Crippen LogP contribution in [0.15, 0.2) is 35.2 Å². The molecule has 0 unspecified atom stereocenters. The van der Waals surface area contributed by atoms with Gasteiger partial charge in [-0.25, -0.2) is 0 Å². The minimum absolute atomic E-state index is 1.24. The molecular formula is C11H14SSn. The van der Waals surface area contributed by atoms with Gasteiger partial charge >= 0.3 is 89.4 Å². The van der Waals surface area contributed by atoms with Crippen molar-refractivity contribution in [2.24, 2.45) is 0 Å². The molecule has 0 bridgehead atoms. The molecule has 2 heteroatoms. The summed E-state index contributed by atoms with van der Waals surface area (Å²) < 4.78 is 3.39. The summed E-state index contributed by atoms with van der Waals surface area (Å²) in [7, 11) is 0. The third-order valence-corrected chi connectivity index (χ3v) is 5.06. The second kappa shape index (κ2) is 4.97. The normalized spacial score (nSPS) is 10.4. The van der Waals surface area contributed by atoms with E-state index in [4.69, 9.17) is 0 Å². The molecule has 0 saturated carbocycles. The van der Waals surface area contributed by atoms with Gasteiger partial charge in [0.25, 0.3) is 0 Å². The van der Waals surface area contributed by atoms with Crippen LogP contribution in [-0.2, 0) is 0 Å². The van der Waals surface area contributed by atoms with Crippen LogP contribution in [0.25, 0.3) is 0 Å². The van der Waals surface area contributed by atoms with Crippen molar-refractivity contribution in [3.63, 3.8) is 0 Å². The van der Waals surface area contributed by atoms with Gasteiger partial charge in [-0.1, -0.05) is 0 Å². The van der Waals surface area contributed by atoms with E-state index in [0.717, 1.165) is 0 Å². The molecule has 1 aromatic carbocycles. The molecule has 0 aliphatic heterocycles. The first-order chi connectivity index (χ1) is 6.08. The van der Waals surface area contributed by atoms with E-state index in [0.29, 0.717) is 0 Å². The Morgan fingerprint density at radius 3 is 2.23 bits per heavy atom. The molecule has 0 fully saturated rings. The summed E-state index contributed by atoms with van der Waals surface area (Å²) in [6.45, 7) is 0. The molecule has 1 aromatic rings. The van der Waals surface area contributed by atoms with E-state index in [9.17, 15) is 0 Å². The molecule has 0 N–H and O–H groups in total. The van der Waals surface area contributed by atoms with E-state index in [1.165, 1.54) is 4.90 Å². The topological polar surface area (TPSA) is 0 Å². The number of rotatable bonds is 1. The molecule has 0 aliphatic rings. The summed E-state index contributed by atoms with van der Waals surface area (Å²) in [5.74, 6) is 0. The zero-order valence-electron chi connectivity index (χ0n) is 8.29. The summed E-state index contributed by atoms with van der Waals surface area (Å²) in [4.78, 5) is 8.22. The van der Waals surface area contributed by atoms with Crippen LogP contribution in [0.3, 0.4) is 0 Å². The fraction of sp³-hybridized carbons (Fsp3) is 0.273. The fourth-order valence-electron chi connectivity index (χ4n) is 0.726. The molecule has 0 atom stereocenters. The molecule has 1 rings (SSSR count). The molecule has 0 radical (unpaired) electrons. The first-order valence-corrected chi connectivity index (χ1v) is 15.1. The van der Waals surface area contributed by atoms with Crippen molar-refractivity contribution in [2.75, 3.05) is 0 Å². The summed E-state index contributed by atoms with van der Waals surface area (Å²) in [6.07, 6.45) is 0. The minimum atomic E-state index is -1.85. The zero-order chi connectivity index (χ0) is 9.73. The van der Waals surface area contributed by atoms with Crippen LogP contribution in [0.5, 0.6) is 0 Å².